The summed E-state index contributed by atoms with van der Waals surface area (Å²) >= 11 is 11.5. The molecule has 0 aliphatic rings. The van der Waals surface area contributed by atoms with Gasteiger partial charge in [0.05, 0.1) is 11.8 Å². The fourth-order valence-electron chi connectivity index (χ4n) is 1.91. The van der Waals surface area contributed by atoms with Crippen molar-refractivity contribution < 1.29 is 18.0 Å². The third-order valence-corrected chi connectivity index (χ3v) is 3.56. The topological polar surface area (TPSA) is 66.9 Å². The van der Waals surface area contributed by atoms with E-state index in [1.165, 1.54) is 18.3 Å². The molecule has 5 nitrogen and oxygen atoms in total. The van der Waals surface area contributed by atoms with E-state index in [0.29, 0.717) is 23.8 Å². The summed E-state index contributed by atoms with van der Waals surface area (Å²) < 4.78 is 37.9. The van der Waals surface area contributed by atoms with E-state index in [9.17, 15) is 18.0 Å². The van der Waals surface area contributed by atoms with Gasteiger partial charge in [0.1, 0.15) is 10.8 Å². The molecule has 0 aliphatic carbocycles. The predicted molar refractivity (Wildman–Crippen MR) is 88.9 cm³/mol. The number of nitrogens with zero attached hydrogens (tertiary/aromatic N) is 2. The Balaban J connectivity index is 1.80. The normalized spacial score (nSPS) is 11.2. The van der Waals surface area contributed by atoms with Gasteiger partial charge in [-0.15, -0.1) is 0 Å². The van der Waals surface area contributed by atoms with Gasteiger partial charge in [-0.1, -0.05) is 17.7 Å². The minimum absolute atomic E-state index is 0.0461. The Labute approximate surface area is 151 Å². The molecule has 0 aliphatic heterocycles. The Morgan fingerprint density at radius 2 is 1.96 bits per heavy atom. The van der Waals surface area contributed by atoms with Crippen LogP contribution in [-0.4, -0.2) is 29.0 Å². The number of carbonyl (C=O) groups is 1. The molecule has 25 heavy (non-hydrogen) atoms. The Kier molecular flexibility index (Phi) is 6.44. The summed E-state index contributed by atoms with van der Waals surface area (Å²) in [5.41, 5.74) is -0.912. The number of alkyl halides is 3. The maximum atomic E-state index is 12.6. The SMILES string of the molecule is O=C(NCCCNc1nc(Cl)ncc1Cl)c1cccc(C(F)(F)F)c1. The van der Waals surface area contributed by atoms with E-state index >= 15 is 0 Å². The molecule has 2 aromatic rings. The van der Waals surface area contributed by atoms with Crippen molar-refractivity contribution >= 4 is 34.9 Å². The minimum atomic E-state index is -4.49. The van der Waals surface area contributed by atoms with Crippen LogP contribution >= 0.6 is 23.2 Å². The molecule has 1 heterocycles. The van der Waals surface area contributed by atoms with Crippen molar-refractivity contribution in [3.63, 3.8) is 0 Å². The molecular weight excluding hydrogens is 380 g/mol. The third kappa shape index (κ3) is 5.75. The molecule has 0 unspecified atom stereocenters. The monoisotopic (exact) mass is 392 g/mol. The number of aromatic nitrogens is 2. The zero-order valence-electron chi connectivity index (χ0n) is 12.7. The van der Waals surface area contributed by atoms with Gasteiger partial charge < -0.3 is 10.6 Å². The number of hydrogen-bond donors (Lipinski definition) is 2. The molecule has 0 saturated carbocycles. The maximum Gasteiger partial charge on any atom is 0.416 e. The van der Waals surface area contributed by atoms with Crippen LogP contribution in [0, 0.1) is 0 Å². The van der Waals surface area contributed by atoms with Crippen LogP contribution in [0.5, 0.6) is 0 Å². The highest BCUT2D eigenvalue weighted by Crippen LogP contribution is 2.29. The number of carbonyl (C=O) groups excluding carboxylic acids is 1. The van der Waals surface area contributed by atoms with E-state index in [4.69, 9.17) is 23.2 Å². The van der Waals surface area contributed by atoms with Gasteiger partial charge in [-0.05, 0) is 36.2 Å². The number of halogens is 5. The van der Waals surface area contributed by atoms with Gasteiger partial charge in [0.25, 0.3) is 5.91 Å². The van der Waals surface area contributed by atoms with Crippen LogP contribution in [0.4, 0.5) is 19.0 Å². The quantitative estimate of drug-likeness (QED) is 0.575. The zero-order chi connectivity index (χ0) is 18.4. The Morgan fingerprint density at radius 3 is 2.68 bits per heavy atom. The van der Waals surface area contributed by atoms with E-state index in [0.717, 1.165) is 12.1 Å². The second-order valence-electron chi connectivity index (χ2n) is 4.95. The van der Waals surface area contributed by atoms with Gasteiger partial charge in [0, 0.05) is 18.7 Å². The summed E-state index contributed by atoms with van der Waals surface area (Å²) in [7, 11) is 0. The van der Waals surface area contributed by atoms with Gasteiger partial charge in [0.2, 0.25) is 5.28 Å². The van der Waals surface area contributed by atoms with Crippen molar-refractivity contribution in [2.45, 2.75) is 12.6 Å². The predicted octanol–water partition coefficient (Wildman–Crippen LogP) is 4.03. The fourth-order valence-corrected chi connectivity index (χ4v) is 2.20. The molecule has 10 heteroatoms. The molecule has 0 saturated heterocycles. The number of amides is 1. The molecule has 2 rings (SSSR count). The van der Waals surface area contributed by atoms with Crippen LogP contribution in [0.15, 0.2) is 30.5 Å². The second-order valence-corrected chi connectivity index (χ2v) is 5.70. The molecule has 1 aromatic carbocycles. The molecule has 0 spiro atoms. The van der Waals surface area contributed by atoms with E-state index in [-0.39, 0.29) is 17.4 Å². The van der Waals surface area contributed by atoms with Crippen LogP contribution < -0.4 is 10.6 Å². The largest absolute Gasteiger partial charge is 0.416 e. The number of nitrogens with one attached hydrogen (secondary N) is 2. The third-order valence-electron chi connectivity index (χ3n) is 3.10. The highest BCUT2D eigenvalue weighted by Gasteiger charge is 2.30. The maximum absolute atomic E-state index is 12.6. The van der Waals surface area contributed by atoms with Crippen molar-refractivity contribution in [3.05, 3.63) is 51.9 Å². The lowest BCUT2D eigenvalue weighted by Crippen LogP contribution is -2.26. The molecule has 0 radical (unpaired) electrons. The van der Waals surface area contributed by atoms with Crippen molar-refractivity contribution in [3.8, 4) is 0 Å². The molecule has 0 atom stereocenters. The lowest BCUT2D eigenvalue weighted by atomic mass is 10.1. The highest BCUT2D eigenvalue weighted by molar-refractivity contribution is 6.33. The van der Waals surface area contributed by atoms with Gasteiger partial charge in [-0.25, -0.2) is 4.98 Å². The molecule has 0 bridgehead atoms. The van der Waals surface area contributed by atoms with Crippen molar-refractivity contribution in [2.75, 3.05) is 18.4 Å². The van der Waals surface area contributed by atoms with Gasteiger partial charge >= 0.3 is 6.18 Å². The minimum Gasteiger partial charge on any atom is -0.369 e. The lowest BCUT2D eigenvalue weighted by Gasteiger charge is -2.10. The second kappa shape index (κ2) is 8.35. The van der Waals surface area contributed by atoms with Crippen LogP contribution in [-0.2, 0) is 6.18 Å². The summed E-state index contributed by atoms with van der Waals surface area (Å²) in [6, 6.07) is 4.25. The Hall–Kier alpha value is -2.06. The summed E-state index contributed by atoms with van der Waals surface area (Å²) in [6.45, 7) is 0.689. The summed E-state index contributed by atoms with van der Waals surface area (Å²) in [5.74, 6) is -0.208. The molecule has 1 amide bonds. The Morgan fingerprint density at radius 1 is 1.20 bits per heavy atom. The number of benzene rings is 1. The smallest absolute Gasteiger partial charge is 0.369 e. The number of rotatable bonds is 6. The number of anilines is 1. The summed E-state index contributed by atoms with van der Waals surface area (Å²) in [4.78, 5) is 19.5. The molecule has 1 aromatic heterocycles. The molecular formula is C15H13Cl2F3N4O. The average molecular weight is 393 g/mol. The first-order chi connectivity index (χ1) is 11.8. The standard InChI is InChI=1S/C15H13Cl2F3N4O/c16-11-8-23-14(17)24-12(11)21-5-2-6-22-13(25)9-3-1-4-10(7-9)15(18,19)20/h1,3-4,7-8H,2,5-6H2,(H,22,25)(H,21,23,24). The zero-order valence-corrected chi connectivity index (χ0v) is 14.2. The van der Waals surface area contributed by atoms with Crippen molar-refractivity contribution in [1.82, 2.24) is 15.3 Å². The van der Waals surface area contributed by atoms with Crippen LogP contribution in [0.1, 0.15) is 22.3 Å². The van der Waals surface area contributed by atoms with E-state index in [2.05, 4.69) is 20.6 Å². The summed E-state index contributed by atoms with van der Waals surface area (Å²) in [6.07, 6.45) is -2.63. The molecule has 0 fully saturated rings. The fraction of sp³-hybridized carbons (Fsp3) is 0.267. The molecule has 2 N–H and O–H groups in total. The van der Waals surface area contributed by atoms with Gasteiger partial charge in [0.15, 0.2) is 0 Å². The van der Waals surface area contributed by atoms with Gasteiger partial charge in [-0.3, -0.25) is 4.79 Å². The lowest BCUT2D eigenvalue weighted by molar-refractivity contribution is -0.137. The van der Waals surface area contributed by atoms with E-state index < -0.39 is 17.6 Å². The van der Waals surface area contributed by atoms with Crippen molar-refractivity contribution in [1.29, 1.82) is 0 Å². The Bertz CT molecular complexity index is 756. The first kappa shape index (κ1) is 19.3. The van der Waals surface area contributed by atoms with E-state index in [1.807, 2.05) is 0 Å². The first-order valence-corrected chi connectivity index (χ1v) is 7.90. The summed E-state index contributed by atoms with van der Waals surface area (Å²) in [5, 5.41) is 5.83. The first-order valence-electron chi connectivity index (χ1n) is 7.15. The van der Waals surface area contributed by atoms with Gasteiger partial charge in [-0.2, -0.15) is 18.2 Å². The van der Waals surface area contributed by atoms with Crippen LogP contribution in [0.2, 0.25) is 10.3 Å². The average Bonchev–Trinajstić information content (AvgIpc) is 2.56. The van der Waals surface area contributed by atoms with Crippen LogP contribution in [0.25, 0.3) is 0 Å². The van der Waals surface area contributed by atoms with Crippen molar-refractivity contribution in [2.24, 2.45) is 0 Å². The molecule has 134 valence electrons. The number of hydrogen-bond acceptors (Lipinski definition) is 4. The highest BCUT2D eigenvalue weighted by atomic mass is 35.5. The van der Waals surface area contributed by atoms with E-state index in [1.54, 1.807) is 0 Å². The van der Waals surface area contributed by atoms with Crippen LogP contribution in [0.3, 0.4) is 0 Å².